The number of fused-ring (bicyclic) bond motifs is 1. The van der Waals surface area contributed by atoms with Crippen molar-refractivity contribution < 1.29 is 9.47 Å². The Bertz CT molecular complexity index is 377. The van der Waals surface area contributed by atoms with Crippen molar-refractivity contribution in [1.29, 1.82) is 0 Å². The van der Waals surface area contributed by atoms with Crippen LogP contribution in [0.15, 0.2) is 18.2 Å². The number of benzene rings is 1. The summed E-state index contributed by atoms with van der Waals surface area (Å²) in [6.07, 6.45) is 1.29. The van der Waals surface area contributed by atoms with E-state index in [1.54, 1.807) is 0 Å². The SMILES string of the molecule is c1cc2c(cc1CN[C@@H]1CCSC1)OCO2. The molecule has 2 aliphatic heterocycles. The van der Waals surface area contributed by atoms with Crippen molar-refractivity contribution in [3.63, 3.8) is 0 Å². The first-order valence-electron chi connectivity index (χ1n) is 5.61. The van der Waals surface area contributed by atoms with E-state index in [1.807, 2.05) is 17.8 Å². The minimum atomic E-state index is 0.353. The second kappa shape index (κ2) is 4.55. The Kier molecular flexibility index (Phi) is 2.93. The van der Waals surface area contributed by atoms with Gasteiger partial charge in [-0.15, -0.1) is 0 Å². The molecule has 86 valence electrons. The molecule has 0 aromatic heterocycles. The summed E-state index contributed by atoms with van der Waals surface area (Å²) < 4.78 is 10.6. The van der Waals surface area contributed by atoms with Crippen LogP contribution in [0.2, 0.25) is 0 Å². The molecule has 2 aliphatic rings. The van der Waals surface area contributed by atoms with Crippen LogP contribution in [0.5, 0.6) is 11.5 Å². The van der Waals surface area contributed by atoms with Gasteiger partial charge < -0.3 is 14.8 Å². The van der Waals surface area contributed by atoms with Gasteiger partial charge in [0.25, 0.3) is 0 Å². The molecule has 0 aliphatic carbocycles. The van der Waals surface area contributed by atoms with E-state index in [0.717, 1.165) is 18.0 Å². The summed E-state index contributed by atoms with van der Waals surface area (Å²) >= 11 is 2.03. The molecule has 0 bridgehead atoms. The molecular weight excluding hydrogens is 222 g/mol. The van der Waals surface area contributed by atoms with Crippen molar-refractivity contribution >= 4 is 11.8 Å². The first-order valence-corrected chi connectivity index (χ1v) is 6.77. The van der Waals surface area contributed by atoms with Crippen molar-refractivity contribution in [2.75, 3.05) is 18.3 Å². The smallest absolute Gasteiger partial charge is 0.231 e. The number of thioether (sulfide) groups is 1. The van der Waals surface area contributed by atoms with Crippen molar-refractivity contribution in [1.82, 2.24) is 5.32 Å². The van der Waals surface area contributed by atoms with Crippen molar-refractivity contribution in [2.24, 2.45) is 0 Å². The van der Waals surface area contributed by atoms with Crippen LogP contribution in [0, 0.1) is 0 Å². The third kappa shape index (κ3) is 2.13. The zero-order valence-corrected chi connectivity index (χ0v) is 9.89. The average Bonchev–Trinajstić information content (AvgIpc) is 2.97. The third-order valence-electron chi connectivity index (χ3n) is 2.96. The Morgan fingerprint density at radius 2 is 2.25 bits per heavy atom. The van der Waals surface area contributed by atoms with Crippen LogP contribution in [0.25, 0.3) is 0 Å². The third-order valence-corrected chi connectivity index (χ3v) is 4.12. The Morgan fingerprint density at radius 1 is 1.31 bits per heavy atom. The van der Waals surface area contributed by atoms with Crippen LogP contribution in [0.3, 0.4) is 0 Å². The molecular formula is C12H15NO2S. The Labute approximate surface area is 99.5 Å². The van der Waals surface area contributed by atoms with Gasteiger partial charge in [0, 0.05) is 18.3 Å². The van der Waals surface area contributed by atoms with E-state index in [0.29, 0.717) is 12.8 Å². The summed E-state index contributed by atoms with van der Waals surface area (Å²) in [5, 5.41) is 3.57. The molecule has 0 radical (unpaired) electrons. The number of nitrogens with one attached hydrogen (secondary N) is 1. The minimum absolute atomic E-state index is 0.353. The highest BCUT2D eigenvalue weighted by Crippen LogP contribution is 2.32. The molecule has 4 heteroatoms. The maximum Gasteiger partial charge on any atom is 0.231 e. The zero-order chi connectivity index (χ0) is 10.8. The minimum Gasteiger partial charge on any atom is -0.454 e. The van der Waals surface area contributed by atoms with E-state index < -0.39 is 0 Å². The molecule has 16 heavy (non-hydrogen) atoms. The fraction of sp³-hybridized carbons (Fsp3) is 0.500. The zero-order valence-electron chi connectivity index (χ0n) is 9.07. The second-order valence-electron chi connectivity index (χ2n) is 4.13. The van der Waals surface area contributed by atoms with Gasteiger partial charge in [-0.3, -0.25) is 0 Å². The van der Waals surface area contributed by atoms with Gasteiger partial charge in [0.1, 0.15) is 0 Å². The van der Waals surface area contributed by atoms with Gasteiger partial charge in [-0.25, -0.2) is 0 Å². The summed E-state index contributed by atoms with van der Waals surface area (Å²) in [4.78, 5) is 0. The topological polar surface area (TPSA) is 30.5 Å². The molecule has 0 unspecified atom stereocenters. The maximum absolute atomic E-state index is 5.36. The molecule has 0 saturated carbocycles. The molecule has 3 nitrogen and oxygen atoms in total. The largest absolute Gasteiger partial charge is 0.454 e. The standard InChI is InChI=1S/C12H15NO2S/c1-2-11-12(15-8-14-11)5-9(1)6-13-10-3-4-16-7-10/h1-2,5,10,13H,3-4,6-8H2/t10-/m1/s1. The van der Waals surface area contributed by atoms with Gasteiger partial charge in [-0.05, 0) is 29.9 Å². The number of hydrogen-bond donors (Lipinski definition) is 1. The fourth-order valence-electron chi connectivity index (χ4n) is 2.01. The lowest BCUT2D eigenvalue weighted by atomic mass is 10.2. The molecule has 1 aromatic carbocycles. The molecule has 1 aromatic rings. The average molecular weight is 237 g/mol. The lowest BCUT2D eigenvalue weighted by Crippen LogP contribution is -2.27. The van der Waals surface area contributed by atoms with Gasteiger partial charge in [0.05, 0.1) is 0 Å². The normalized spacial score (nSPS) is 22.6. The molecule has 1 fully saturated rings. The van der Waals surface area contributed by atoms with Crippen LogP contribution < -0.4 is 14.8 Å². The van der Waals surface area contributed by atoms with E-state index >= 15 is 0 Å². The summed E-state index contributed by atoms with van der Waals surface area (Å²) in [6.45, 7) is 1.27. The molecule has 2 heterocycles. The number of rotatable bonds is 3. The van der Waals surface area contributed by atoms with E-state index in [-0.39, 0.29) is 0 Å². The molecule has 1 saturated heterocycles. The Hall–Kier alpha value is -0.870. The first-order chi connectivity index (χ1) is 7.92. The second-order valence-corrected chi connectivity index (χ2v) is 5.28. The Balaban J connectivity index is 1.61. The first kappa shape index (κ1) is 10.3. The van der Waals surface area contributed by atoms with Gasteiger partial charge >= 0.3 is 0 Å². The molecule has 1 N–H and O–H groups in total. The summed E-state index contributed by atoms with van der Waals surface area (Å²) in [7, 11) is 0. The lowest BCUT2D eigenvalue weighted by molar-refractivity contribution is 0.174. The highest BCUT2D eigenvalue weighted by Gasteiger charge is 2.16. The van der Waals surface area contributed by atoms with Gasteiger partial charge in [0.15, 0.2) is 11.5 Å². The summed E-state index contributed by atoms with van der Waals surface area (Å²) in [5.41, 5.74) is 1.26. The van der Waals surface area contributed by atoms with E-state index in [2.05, 4.69) is 17.4 Å². The van der Waals surface area contributed by atoms with Crippen LogP contribution in [-0.2, 0) is 6.54 Å². The van der Waals surface area contributed by atoms with E-state index in [4.69, 9.17) is 9.47 Å². The van der Waals surface area contributed by atoms with Gasteiger partial charge in [-0.1, -0.05) is 6.07 Å². The molecule has 0 amide bonds. The Morgan fingerprint density at radius 3 is 3.12 bits per heavy atom. The summed E-state index contributed by atoms with van der Waals surface area (Å²) in [5.74, 6) is 4.27. The quantitative estimate of drug-likeness (QED) is 0.871. The monoisotopic (exact) mass is 237 g/mol. The van der Waals surface area contributed by atoms with Crippen LogP contribution in [0.1, 0.15) is 12.0 Å². The number of ether oxygens (including phenoxy) is 2. The van der Waals surface area contributed by atoms with Crippen LogP contribution in [0.4, 0.5) is 0 Å². The van der Waals surface area contributed by atoms with E-state index in [1.165, 1.54) is 23.5 Å². The molecule has 3 rings (SSSR count). The van der Waals surface area contributed by atoms with Gasteiger partial charge in [-0.2, -0.15) is 11.8 Å². The maximum atomic E-state index is 5.36. The van der Waals surface area contributed by atoms with Crippen LogP contribution in [-0.4, -0.2) is 24.3 Å². The number of hydrogen-bond acceptors (Lipinski definition) is 4. The fourth-order valence-corrected chi connectivity index (χ4v) is 3.20. The summed E-state index contributed by atoms with van der Waals surface area (Å²) in [6, 6.07) is 6.83. The molecule has 1 atom stereocenters. The highest BCUT2D eigenvalue weighted by atomic mass is 32.2. The van der Waals surface area contributed by atoms with Gasteiger partial charge in [0.2, 0.25) is 6.79 Å². The molecule has 0 spiro atoms. The predicted molar refractivity (Wildman–Crippen MR) is 65.1 cm³/mol. The van der Waals surface area contributed by atoms with Crippen molar-refractivity contribution in [3.05, 3.63) is 23.8 Å². The van der Waals surface area contributed by atoms with Crippen molar-refractivity contribution in [3.8, 4) is 11.5 Å². The predicted octanol–water partition coefficient (Wildman–Crippen LogP) is 2.01. The lowest BCUT2D eigenvalue weighted by Gasteiger charge is -2.11. The highest BCUT2D eigenvalue weighted by molar-refractivity contribution is 7.99. The van der Waals surface area contributed by atoms with Crippen molar-refractivity contribution in [2.45, 2.75) is 19.0 Å². The van der Waals surface area contributed by atoms with E-state index in [9.17, 15) is 0 Å². The van der Waals surface area contributed by atoms with Crippen LogP contribution >= 0.6 is 11.8 Å².